The zero-order valence-electron chi connectivity index (χ0n) is 12.0. The lowest BCUT2D eigenvalue weighted by molar-refractivity contribution is 0.374. The molecule has 1 nitrogen and oxygen atoms in total. The second kappa shape index (κ2) is 6.53. The van der Waals surface area contributed by atoms with Crippen LogP contribution in [0.15, 0.2) is 60.7 Å². The van der Waals surface area contributed by atoms with Crippen LogP contribution in [0.3, 0.4) is 0 Å². The van der Waals surface area contributed by atoms with Gasteiger partial charge in [-0.1, -0.05) is 74.5 Å². The molecule has 0 aliphatic carbocycles. The predicted octanol–water partition coefficient (Wildman–Crippen LogP) is 4.73. The summed E-state index contributed by atoms with van der Waals surface area (Å²) in [6, 6.07) is 22.1. The van der Waals surface area contributed by atoms with Gasteiger partial charge >= 0.3 is 0 Å². The number of benzene rings is 2. The fraction of sp³-hybridized carbons (Fsp3) is 0.333. The fourth-order valence-corrected chi connectivity index (χ4v) is 2.44. The molecule has 2 aromatic carbocycles. The highest BCUT2D eigenvalue weighted by Gasteiger charge is 2.18. The molecule has 0 aliphatic heterocycles. The van der Waals surface area contributed by atoms with Crippen molar-refractivity contribution in [2.24, 2.45) is 5.92 Å². The lowest BCUT2D eigenvalue weighted by Crippen LogP contribution is -2.28. The molecule has 2 atom stereocenters. The second-order valence-electron chi connectivity index (χ2n) is 5.43. The molecule has 0 saturated carbocycles. The highest BCUT2D eigenvalue weighted by molar-refractivity contribution is 5.22. The maximum absolute atomic E-state index is 3.75. The van der Waals surface area contributed by atoms with Crippen LogP contribution in [0, 0.1) is 5.92 Å². The molecule has 0 aromatic heterocycles. The van der Waals surface area contributed by atoms with Crippen molar-refractivity contribution in [3.05, 3.63) is 71.8 Å². The molecule has 19 heavy (non-hydrogen) atoms. The Morgan fingerprint density at radius 3 is 1.63 bits per heavy atom. The molecule has 0 heterocycles. The maximum Gasteiger partial charge on any atom is 0.0348 e. The summed E-state index contributed by atoms with van der Waals surface area (Å²) in [5.74, 6) is 0.563. The number of rotatable bonds is 5. The number of hydrogen-bond donors (Lipinski definition) is 1. The Morgan fingerprint density at radius 1 is 0.684 bits per heavy atom. The van der Waals surface area contributed by atoms with Crippen molar-refractivity contribution in [2.75, 3.05) is 0 Å². The van der Waals surface area contributed by atoms with Gasteiger partial charge in [-0.15, -0.1) is 0 Å². The molecule has 2 rings (SSSR count). The van der Waals surface area contributed by atoms with Crippen LogP contribution >= 0.6 is 0 Å². The van der Waals surface area contributed by atoms with Crippen molar-refractivity contribution >= 4 is 0 Å². The summed E-state index contributed by atoms with van der Waals surface area (Å²) in [7, 11) is 0. The summed E-state index contributed by atoms with van der Waals surface area (Å²) in [5, 5.41) is 3.75. The maximum atomic E-state index is 3.75. The third-order valence-corrected chi connectivity index (χ3v) is 3.55. The minimum absolute atomic E-state index is 0.355. The molecule has 100 valence electrons. The molecule has 0 bridgehead atoms. The van der Waals surface area contributed by atoms with E-state index in [4.69, 9.17) is 0 Å². The fourth-order valence-electron chi connectivity index (χ4n) is 2.44. The van der Waals surface area contributed by atoms with Gasteiger partial charge in [0.25, 0.3) is 0 Å². The van der Waals surface area contributed by atoms with Crippen LogP contribution in [0.4, 0.5) is 0 Å². The minimum Gasteiger partial charge on any atom is -0.303 e. The summed E-state index contributed by atoms with van der Waals surface area (Å²) in [5.41, 5.74) is 2.70. The van der Waals surface area contributed by atoms with Crippen molar-refractivity contribution in [2.45, 2.75) is 32.9 Å². The van der Waals surface area contributed by atoms with E-state index >= 15 is 0 Å². The largest absolute Gasteiger partial charge is 0.303 e. The van der Waals surface area contributed by atoms with Crippen LogP contribution in [0.5, 0.6) is 0 Å². The van der Waals surface area contributed by atoms with Gasteiger partial charge in [-0.25, -0.2) is 0 Å². The Balaban J connectivity index is 2.14. The zero-order valence-corrected chi connectivity index (χ0v) is 12.0. The summed E-state index contributed by atoms with van der Waals surface area (Å²) < 4.78 is 0. The first kappa shape index (κ1) is 13.8. The Labute approximate surface area is 116 Å². The molecule has 1 unspecified atom stereocenters. The van der Waals surface area contributed by atoms with E-state index in [0.29, 0.717) is 18.0 Å². The van der Waals surface area contributed by atoms with Crippen LogP contribution in [-0.4, -0.2) is 0 Å². The Morgan fingerprint density at radius 2 is 1.16 bits per heavy atom. The molecular formula is C18H23N. The first-order valence-corrected chi connectivity index (χ1v) is 7.04. The van der Waals surface area contributed by atoms with Gasteiger partial charge in [-0.2, -0.15) is 0 Å². The van der Waals surface area contributed by atoms with E-state index in [1.165, 1.54) is 11.1 Å². The Kier molecular flexibility index (Phi) is 4.75. The zero-order chi connectivity index (χ0) is 13.7. The standard InChI is InChI=1S/C18H23N/c1-14(2)18(17-12-8-5-9-13-17)19-15(3)16-10-6-4-7-11-16/h4-15,18-19H,1-3H3/t15-,18?/m0/s1. The van der Waals surface area contributed by atoms with E-state index in [1.807, 2.05) is 0 Å². The highest BCUT2D eigenvalue weighted by atomic mass is 14.9. The third kappa shape index (κ3) is 3.68. The van der Waals surface area contributed by atoms with Crippen molar-refractivity contribution in [3.63, 3.8) is 0 Å². The Bertz CT molecular complexity index is 476. The van der Waals surface area contributed by atoms with E-state index in [2.05, 4.69) is 86.8 Å². The van der Waals surface area contributed by atoms with E-state index in [0.717, 1.165) is 0 Å². The second-order valence-corrected chi connectivity index (χ2v) is 5.43. The molecule has 0 fully saturated rings. The monoisotopic (exact) mass is 253 g/mol. The van der Waals surface area contributed by atoms with Crippen LogP contribution < -0.4 is 5.32 Å². The van der Waals surface area contributed by atoms with Crippen LogP contribution in [0.2, 0.25) is 0 Å². The van der Waals surface area contributed by atoms with Crippen molar-refractivity contribution in [1.29, 1.82) is 0 Å². The summed E-state index contributed by atoms with van der Waals surface area (Å²) in [6.45, 7) is 6.76. The van der Waals surface area contributed by atoms with Gasteiger partial charge in [0, 0.05) is 12.1 Å². The lowest BCUT2D eigenvalue weighted by atomic mass is 9.94. The average molecular weight is 253 g/mol. The molecule has 1 N–H and O–H groups in total. The quantitative estimate of drug-likeness (QED) is 0.812. The smallest absolute Gasteiger partial charge is 0.0348 e. The molecule has 2 aromatic rings. The molecule has 1 heteroatoms. The average Bonchev–Trinajstić information content (AvgIpc) is 2.46. The first-order chi connectivity index (χ1) is 9.18. The summed E-state index contributed by atoms with van der Waals surface area (Å²) in [6.07, 6.45) is 0. The Hall–Kier alpha value is -1.60. The molecule has 0 spiro atoms. The van der Waals surface area contributed by atoms with Crippen molar-refractivity contribution in [1.82, 2.24) is 5.32 Å². The van der Waals surface area contributed by atoms with Gasteiger partial charge in [-0.05, 0) is 24.0 Å². The van der Waals surface area contributed by atoms with Gasteiger partial charge in [0.1, 0.15) is 0 Å². The third-order valence-electron chi connectivity index (χ3n) is 3.55. The molecule has 0 saturated heterocycles. The molecular weight excluding hydrogens is 230 g/mol. The van der Waals surface area contributed by atoms with E-state index in [1.54, 1.807) is 0 Å². The SMILES string of the molecule is CC(C)C(N[C@@H](C)c1ccccc1)c1ccccc1. The number of nitrogens with one attached hydrogen (secondary N) is 1. The summed E-state index contributed by atoms with van der Waals surface area (Å²) in [4.78, 5) is 0. The van der Waals surface area contributed by atoms with E-state index in [9.17, 15) is 0 Å². The van der Waals surface area contributed by atoms with Crippen LogP contribution in [-0.2, 0) is 0 Å². The van der Waals surface area contributed by atoms with Gasteiger partial charge in [-0.3, -0.25) is 0 Å². The normalized spacial score (nSPS) is 14.3. The van der Waals surface area contributed by atoms with Crippen LogP contribution in [0.25, 0.3) is 0 Å². The minimum atomic E-state index is 0.355. The van der Waals surface area contributed by atoms with Gasteiger partial charge < -0.3 is 5.32 Å². The molecule has 0 amide bonds. The molecule has 0 radical (unpaired) electrons. The van der Waals surface area contributed by atoms with Crippen LogP contribution in [0.1, 0.15) is 44.0 Å². The van der Waals surface area contributed by atoms with E-state index < -0.39 is 0 Å². The number of hydrogen-bond acceptors (Lipinski definition) is 1. The lowest BCUT2D eigenvalue weighted by Gasteiger charge is -2.27. The van der Waals surface area contributed by atoms with Gasteiger partial charge in [0.05, 0.1) is 0 Å². The predicted molar refractivity (Wildman–Crippen MR) is 82.0 cm³/mol. The van der Waals surface area contributed by atoms with Crippen molar-refractivity contribution in [3.8, 4) is 0 Å². The van der Waals surface area contributed by atoms with E-state index in [-0.39, 0.29) is 0 Å². The van der Waals surface area contributed by atoms with Gasteiger partial charge in [0.15, 0.2) is 0 Å². The first-order valence-electron chi connectivity index (χ1n) is 7.04. The van der Waals surface area contributed by atoms with Crippen molar-refractivity contribution < 1.29 is 0 Å². The topological polar surface area (TPSA) is 12.0 Å². The molecule has 0 aliphatic rings. The summed E-state index contributed by atoms with van der Waals surface area (Å²) >= 11 is 0. The highest BCUT2D eigenvalue weighted by Crippen LogP contribution is 2.25. The van der Waals surface area contributed by atoms with Gasteiger partial charge in [0.2, 0.25) is 0 Å².